The molecule has 8 heteroatoms. The normalized spacial score (nSPS) is 14.8. The number of carbonyl (C=O) groups excluding carboxylic acids is 1. The second-order valence-electron chi connectivity index (χ2n) is 8.19. The van der Waals surface area contributed by atoms with Gasteiger partial charge in [0.2, 0.25) is 5.88 Å². The van der Waals surface area contributed by atoms with Crippen LogP contribution in [-0.4, -0.2) is 24.5 Å². The van der Waals surface area contributed by atoms with E-state index >= 15 is 0 Å². The highest BCUT2D eigenvalue weighted by molar-refractivity contribution is 8.26. The van der Waals surface area contributed by atoms with Gasteiger partial charge in [0.25, 0.3) is 11.5 Å². The quantitative estimate of drug-likeness (QED) is 0.267. The number of thiocarbonyl (C=S) groups is 1. The van der Waals surface area contributed by atoms with Crippen molar-refractivity contribution in [2.75, 3.05) is 0 Å². The summed E-state index contributed by atoms with van der Waals surface area (Å²) in [6.07, 6.45) is 3.20. The van der Waals surface area contributed by atoms with Gasteiger partial charge >= 0.3 is 0 Å². The maximum absolute atomic E-state index is 13.5. The lowest BCUT2D eigenvalue weighted by atomic mass is 10.2. The fourth-order valence-electron chi connectivity index (χ4n) is 3.82. The summed E-state index contributed by atoms with van der Waals surface area (Å²) < 4.78 is 8.00. The lowest BCUT2D eigenvalue weighted by Crippen LogP contribution is -2.27. The number of aryl methyl sites for hydroxylation is 2. The number of hydrogen-bond acceptors (Lipinski definition) is 6. The second kappa shape index (κ2) is 9.48. The first-order valence-electron chi connectivity index (χ1n) is 11.0. The monoisotopic (exact) mass is 499 g/mol. The molecule has 0 atom stereocenters. The molecular formula is C27H21N3O3S2. The highest BCUT2D eigenvalue weighted by Gasteiger charge is 2.33. The molecule has 0 bridgehead atoms. The number of rotatable bonds is 5. The number of hydrogen-bond donors (Lipinski definition) is 0. The van der Waals surface area contributed by atoms with Crippen molar-refractivity contribution >= 4 is 45.9 Å². The minimum absolute atomic E-state index is 0.142. The molecule has 1 saturated heterocycles. The van der Waals surface area contributed by atoms with Crippen molar-refractivity contribution in [3.05, 3.63) is 110 Å². The van der Waals surface area contributed by atoms with Gasteiger partial charge in [-0.25, -0.2) is 0 Å². The fourth-order valence-corrected chi connectivity index (χ4v) is 5.05. The average Bonchev–Trinajstić information content (AvgIpc) is 3.10. The summed E-state index contributed by atoms with van der Waals surface area (Å²) in [4.78, 5) is 33.3. The Morgan fingerprint density at radius 3 is 2.60 bits per heavy atom. The van der Waals surface area contributed by atoms with Gasteiger partial charge < -0.3 is 4.74 Å². The second-order valence-corrected chi connectivity index (χ2v) is 9.87. The Morgan fingerprint density at radius 1 is 1.03 bits per heavy atom. The number of ether oxygens (including phenoxy) is 1. The molecule has 2 aromatic carbocycles. The Hall–Kier alpha value is -3.75. The number of carbonyl (C=O) groups is 1. The highest BCUT2D eigenvalue weighted by atomic mass is 32.2. The molecular weight excluding hydrogens is 478 g/mol. The average molecular weight is 500 g/mol. The van der Waals surface area contributed by atoms with E-state index in [-0.39, 0.29) is 22.9 Å². The summed E-state index contributed by atoms with van der Waals surface area (Å²) >= 11 is 6.65. The van der Waals surface area contributed by atoms with Crippen molar-refractivity contribution in [2.45, 2.75) is 20.4 Å². The molecule has 3 heterocycles. The Kier molecular flexibility index (Phi) is 6.23. The molecule has 1 fully saturated rings. The van der Waals surface area contributed by atoms with Crippen LogP contribution in [0.5, 0.6) is 11.6 Å². The highest BCUT2D eigenvalue weighted by Crippen LogP contribution is 2.35. The van der Waals surface area contributed by atoms with Gasteiger partial charge in [0.15, 0.2) is 0 Å². The van der Waals surface area contributed by atoms with Gasteiger partial charge in [-0.3, -0.25) is 18.9 Å². The van der Waals surface area contributed by atoms with E-state index in [1.165, 1.54) is 16.2 Å². The van der Waals surface area contributed by atoms with Crippen molar-refractivity contribution in [3.63, 3.8) is 0 Å². The van der Waals surface area contributed by atoms with Crippen LogP contribution in [0.4, 0.5) is 0 Å². The van der Waals surface area contributed by atoms with E-state index in [9.17, 15) is 9.59 Å². The minimum Gasteiger partial charge on any atom is -0.438 e. The van der Waals surface area contributed by atoms with E-state index in [4.69, 9.17) is 17.0 Å². The number of fused-ring (bicyclic) bond motifs is 1. The van der Waals surface area contributed by atoms with E-state index < -0.39 is 0 Å². The van der Waals surface area contributed by atoms with Gasteiger partial charge in [0.05, 0.1) is 11.4 Å². The summed E-state index contributed by atoms with van der Waals surface area (Å²) in [5, 5.41) is 0. The van der Waals surface area contributed by atoms with E-state index in [2.05, 4.69) is 4.98 Å². The molecule has 0 aliphatic carbocycles. The van der Waals surface area contributed by atoms with Gasteiger partial charge in [-0.05, 0) is 54.8 Å². The predicted molar refractivity (Wildman–Crippen MR) is 143 cm³/mol. The van der Waals surface area contributed by atoms with E-state index in [0.29, 0.717) is 27.2 Å². The number of aromatic nitrogens is 2. The summed E-state index contributed by atoms with van der Waals surface area (Å²) in [6, 6.07) is 20.8. The number of nitrogens with zero attached hydrogens (tertiary/aromatic N) is 3. The van der Waals surface area contributed by atoms with Crippen LogP contribution in [0.3, 0.4) is 0 Å². The molecule has 2 aromatic heterocycles. The van der Waals surface area contributed by atoms with Gasteiger partial charge in [-0.1, -0.05) is 72.5 Å². The molecule has 174 valence electrons. The predicted octanol–water partition coefficient (Wildman–Crippen LogP) is 5.51. The van der Waals surface area contributed by atoms with Crippen molar-refractivity contribution in [1.82, 2.24) is 14.3 Å². The molecule has 1 amide bonds. The molecule has 35 heavy (non-hydrogen) atoms. The van der Waals surface area contributed by atoms with Crippen LogP contribution in [0.15, 0.2) is 82.6 Å². The van der Waals surface area contributed by atoms with Gasteiger partial charge in [-0.15, -0.1) is 0 Å². The summed E-state index contributed by atoms with van der Waals surface area (Å²) in [5.41, 5.74) is 3.17. The Balaban J connectivity index is 1.59. The first-order chi connectivity index (χ1) is 16.9. The molecule has 4 aromatic rings. The maximum atomic E-state index is 13.5. The largest absolute Gasteiger partial charge is 0.438 e. The molecule has 6 nitrogen and oxygen atoms in total. The van der Waals surface area contributed by atoms with Gasteiger partial charge in [0.1, 0.15) is 21.3 Å². The smallest absolute Gasteiger partial charge is 0.269 e. The SMILES string of the molecule is Cc1cccc(Oc2nc3c(C)cccn3c(=O)c2/C=C2/SC(=S)N(Cc3ccccc3)C2=O)c1. The third-order valence-corrected chi connectivity index (χ3v) is 6.96. The van der Waals surface area contributed by atoms with Gasteiger partial charge in [0, 0.05) is 6.20 Å². The third kappa shape index (κ3) is 4.62. The van der Waals surface area contributed by atoms with Crippen LogP contribution in [0.1, 0.15) is 22.3 Å². The Labute approximate surface area is 211 Å². The molecule has 1 aliphatic heterocycles. The van der Waals surface area contributed by atoms with Crippen LogP contribution >= 0.6 is 24.0 Å². The van der Waals surface area contributed by atoms with Crippen molar-refractivity contribution < 1.29 is 9.53 Å². The Bertz CT molecular complexity index is 1560. The van der Waals surface area contributed by atoms with E-state index in [1.54, 1.807) is 29.3 Å². The minimum atomic E-state index is -0.324. The first kappa shape index (κ1) is 23.0. The van der Waals surface area contributed by atoms with Crippen LogP contribution in [0.25, 0.3) is 11.7 Å². The summed E-state index contributed by atoms with van der Waals surface area (Å²) in [6.45, 7) is 4.20. The molecule has 1 aliphatic rings. The van der Waals surface area contributed by atoms with Crippen molar-refractivity contribution in [1.29, 1.82) is 0 Å². The molecule has 0 unspecified atom stereocenters. The number of pyridine rings is 1. The van der Waals surface area contributed by atoms with Crippen LogP contribution in [0.2, 0.25) is 0 Å². The van der Waals surface area contributed by atoms with Crippen molar-refractivity contribution in [3.8, 4) is 11.6 Å². The zero-order valence-electron chi connectivity index (χ0n) is 19.1. The van der Waals surface area contributed by atoms with Crippen LogP contribution in [0, 0.1) is 13.8 Å². The zero-order chi connectivity index (χ0) is 24.5. The Morgan fingerprint density at radius 2 is 1.83 bits per heavy atom. The molecule has 0 radical (unpaired) electrons. The topological polar surface area (TPSA) is 63.9 Å². The first-order valence-corrected chi connectivity index (χ1v) is 12.2. The number of benzene rings is 2. The van der Waals surface area contributed by atoms with E-state index in [1.807, 2.05) is 68.4 Å². The summed E-state index contributed by atoms with van der Waals surface area (Å²) in [7, 11) is 0. The fraction of sp³-hybridized carbons (Fsp3) is 0.111. The molecule has 0 saturated carbocycles. The van der Waals surface area contributed by atoms with Crippen LogP contribution in [-0.2, 0) is 11.3 Å². The molecule has 5 rings (SSSR count). The van der Waals surface area contributed by atoms with Crippen LogP contribution < -0.4 is 10.3 Å². The lowest BCUT2D eigenvalue weighted by Gasteiger charge is -2.14. The third-order valence-electron chi connectivity index (χ3n) is 5.59. The zero-order valence-corrected chi connectivity index (χ0v) is 20.7. The lowest BCUT2D eigenvalue weighted by molar-refractivity contribution is -0.122. The number of amides is 1. The number of thioether (sulfide) groups is 1. The summed E-state index contributed by atoms with van der Waals surface area (Å²) in [5.74, 6) is 0.448. The van der Waals surface area contributed by atoms with E-state index in [0.717, 1.165) is 16.7 Å². The standard InChI is InChI=1S/C27H21N3O3S2/c1-17-8-6-12-20(14-17)33-24-21(25(31)29-13-7-9-18(2)23(29)28-24)15-22-26(32)30(27(34)35-22)16-19-10-4-3-5-11-19/h3-15H,16H2,1-2H3/b22-15+. The molecule has 0 N–H and O–H groups in total. The molecule has 0 spiro atoms. The van der Waals surface area contributed by atoms with Gasteiger partial charge in [-0.2, -0.15) is 4.98 Å². The maximum Gasteiger partial charge on any atom is 0.269 e. The van der Waals surface area contributed by atoms with Crippen molar-refractivity contribution in [2.24, 2.45) is 0 Å².